The van der Waals surface area contributed by atoms with Crippen LogP contribution in [-0.2, 0) is 23.0 Å². The van der Waals surface area contributed by atoms with Crippen LogP contribution in [0.15, 0.2) is 66.3 Å². The highest BCUT2D eigenvalue weighted by atomic mass is 35.5. The number of hydrogen-bond acceptors (Lipinski definition) is 10. The molecule has 0 radical (unpaired) electrons. The predicted octanol–water partition coefficient (Wildman–Crippen LogP) is 6.01. The number of aromatic nitrogens is 3. The molecule has 42 heavy (non-hydrogen) atoms. The number of anilines is 2. The average Bonchev–Trinajstić information content (AvgIpc) is 3.43. The van der Waals surface area contributed by atoms with E-state index in [0.717, 1.165) is 21.7 Å². The van der Waals surface area contributed by atoms with Gasteiger partial charge in [0.15, 0.2) is 0 Å². The normalized spacial score (nSPS) is 11.5. The van der Waals surface area contributed by atoms with E-state index < -0.39 is 9.84 Å². The molecule has 0 saturated heterocycles. The van der Waals surface area contributed by atoms with Crippen LogP contribution in [0, 0.1) is 5.82 Å². The van der Waals surface area contributed by atoms with Crippen molar-refractivity contribution < 1.29 is 22.3 Å². The number of nitrogens with zero attached hydrogens (tertiary/aromatic N) is 3. The SMILES string of the molecule is COc1cc2ncnc(Nc3ccc(OCc4cccc(F)c4)c(Cl)c3)c2cc1-c1csc(CNCCS(C)(=O)=O)n1. The first kappa shape index (κ1) is 29.6. The van der Waals surface area contributed by atoms with E-state index in [2.05, 4.69) is 20.6 Å². The Morgan fingerprint density at radius 1 is 1.07 bits per heavy atom. The maximum absolute atomic E-state index is 13.5. The molecule has 0 spiro atoms. The van der Waals surface area contributed by atoms with Gasteiger partial charge in [0, 0.05) is 47.4 Å². The number of benzene rings is 3. The number of hydrogen-bond donors (Lipinski definition) is 2. The zero-order valence-electron chi connectivity index (χ0n) is 22.7. The van der Waals surface area contributed by atoms with Crippen LogP contribution in [0.3, 0.4) is 0 Å². The molecule has 9 nitrogen and oxygen atoms in total. The summed E-state index contributed by atoms with van der Waals surface area (Å²) in [5.41, 5.74) is 3.54. The minimum atomic E-state index is -3.03. The summed E-state index contributed by atoms with van der Waals surface area (Å²) in [4.78, 5) is 13.6. The number of thiazole rings is 1. The molecule has 2 heterocycles. The largest absolute Gasteiger partial charge is 0.496 e. The van der Waals surface area contributed by atoms with Gasteiger partial charge in [0.1, 0.15) is 50.9 Å². The first-order valence-corrected chi connectivity index (χ1v) is 16.1. The van der Waals surface area contributed by atoms with Crippen molar-refractivity contribution >= 4 is 55.2 Å². The van der Waals surface area contributed by atoms with Crippen molar-refractivity contribution in [1.82, 2.24) is 20.3 Å². The fraction of sp³-hybridized carbons (Fsp3) is 0.207. The lowest BCUT2D eigenvalue weighted by Gasteiger charge is -2.13. The van der Waals surface area contributed by atoms with E-state index in [0.29, 0.717) is 52.2 Å². The van der Waals surface area contributed by atoms with Gasteiger partial charge >= 0.3 is 0 Å². The van der Waals surface area contributed by atoms with Gasteiger partial charge < -0.3 is 20.1 Å². The first-order chi connectivity index (χ1) is 20.2. The highest BCUT2D eigenvalue weighted by molar-refractivity contribution is 7.90. The van der Waals surface area contributed by atoms with Gasteiger partial charge in [-0.15, -0.1) is 11.3 Å². The Morgan fingerprint density at radius 2 is 1.93 bits per heavy atom. The highest BCUT2D eigenvalue weighted by Crippen LogP contribution is 2.37. The molecule has 0 bridgehead atoms. The number of fused-ring (bicyclic) bond motifs is 1. The molecule has 0 saturated carbocycles. The molecule has 0 fully saturated rings. The van der Waals surface area contributed by atoms with Crippen LogP contribution in [0.2, 0.25) is 5.02 Å². The molecule has 2 N–H and O–H groups in total. The van der Waals surface area contributed by atoms with Crippen molar-refractivity contribution in [3.8, 4) is 22.8 Å². The zero-order chi connectivity index (χ0) is 29.7. The van der Waals surface area contributed by atoms with Crippen LogP contribution in [0.5, 0.6) is 11.5 Å². The molecule has 13 heteroatoms. The van der Waals surface area contributed by atoms with Crippen LogP contribution < -0.4 is 20.1 Å². The minimum absolute atomic E-state index is 0.0649. The van der Waals surface area contributed by atoms with E-state index >= 15 is 0 Å². The molecule has 0 atom stereocenters. The summed E-state index contributed by atoms with van der Waals surface area (Å²) in [5.74, 6) is 1.38. The van der Waals surface area contributed by atoms with Crippen molar-refractivity contribution in [2.24, 2.45) is 0 Å². The summed E-state index contributed by atoms with van der Waals surface area (Å²) >= 11 is 7.96. The van der Waals surface area contributed by atoms with E-state index in [-0.39, 0.29) is 18.2 Å². The Bertz CT molecular complexity index is 1830. The fourth-order valence-corrected chi connectivity index (χ4v) is 5.66. The third-order valence-electron chi connectivity index (χ3n) is 6.19. The van der Waals surface area contributed by atoms with Crippen LogP contribution in [0.1, 0.15) is 10.6 Å². The van der Waals surface area contributed by atoms with Gasteiger partial charge in [-0.1, -0.05) is 23.7 Å². The second kappa shape index (κ2) is 13.0. The van der Waals surface area contributed by atoms with Crippen LogP contribution in [0.25, 0.3) is 22.2 Å². The summed E-state index contributed by atoms with van der Waals surface area (Å²) in [6.07, 6.45) is 2.68. The van der Waals surface area contributed by atoms with Crippen LogP contribution in [0.4, 0.5) is 15.9 Å². The molecular formula is C29H27ClFN5O4S2. The average molecular weight is 628 g/mol. The monoisotopic (exact) mass is 627 g/mol. The summed E-state index contributed by atoms with van der Waals surface area (Å²) in [6, 6.07) is 15.2. The van der Waals surface area contributed by atoms with E-state index in [4.69, 9.17) is 26.1 Å². The Labute approximate surface area is 251 Å². The molecule has 5 rings (SSSR count). The number of halogens is 2. The standard InChI is InChI=1S/C29H27ClFN5O4S2/c1-39-27-13-24-22(12-21(27)25-16-41-28(36-25)14-32-8-9-42(2,37)38)29(34-17-33-24)35-20-6-7-26(23(30)11-20)40-15-18-4-3-5-19(31)10-18/h3-7,10-13,16-17,32H,8-9,14-15H2,1-2H3,(H,33,34,35). The van der Waals surface area contributed by atoms with E-state index in [1.807, 2.05) is 23.6 Å². The maximum Gasteiger partial charge on any atom is 0.148 e. The summed E-state index contributed by atoms with van der Waals surface area (Å²) in [5, 5.41) is 10.3. The van der Waals surface area contributed by atoms with Gasteiger partial charge in [0.25, 0.3) is 0 Å². The fourth-order valence-electron chi connectivity index (χ4n) is 4.14. The smallest absolute Gasteiger partial charge is 0.148 e. The third-order valence-corrected chi connectivity index (χ3v) is 8.28. The number of sulfone groups is 1. The van der Waals surface area contributed by atoms with Crippen molar-refractivity contribution in [2.75, 3.05) is 31.0 Å². The second-order valence-electron chi connectivity index (χ2n) is 9.41. The van der Waals surface area contributed by atoms with E-state index in [1.165, 1.54) is 36.1 Å². The second-order valence-corrected chi connectivity index (χ2v) is 13.0. The Balaban J connectivity index is 1.35. The molecule has 3 aromatic carbocycles. The van der Waals surface area contributed by atoms with Gasteiger partial charge in [-0.25, -0.2) is 27.8 Å². The van der Waals surface area contributed by atoms with Crippen molar-refractivity contribution in [3.05, 3.63) is 87.7 Å². The van der Waals surface area contributed by atoms with Crippen LogP contribution in [-0.4, -0.2) is 49.0 Å². The lowest BCUT2D eigenvalue weighted by atomic mass is 10.1. The molecule has 0 amide bonds. The Hall–Kier alpha value is -3.84. The lowest BCUT2D eigenvalue weighted by molar-refractivity contribution is 0.306. The minimum Gasteiger partial charge on any atom is -0.496 e. The summed E-state index contributed by atoms with van der Waals surface area (Å²) in [7, 11) is -1.44. The van der Waals surface area contributed by atoms with Crippen molar-refractivity contribution in [1.29, 1.82) is 0 Å². The summed E-state index contributed by atoms with van der Waals surface area (Å²) < 4.78 is 47.6. The predicted molar refractivity (Wildman–Crippen MR) is 164 cm³/mol. The van der Waals surface area contributed by atoms with Gasteiger partial charge in [-0.05, 0) is 42.0 Å². The van der Waals surface area contributed by atoms with E-state index in [9.17, 15) is 12.8 Å². The Kier molecular flexibility index (Phi) is 9.17. The molecule has 218 valence electrons. The number of ether oxygens (including phenoxy) is 2. The first-order valence-electron chi connectivity index (χ1n) is 12.8. The molecular weight excluding hydrogens is 601 g/mol. The highest BCUT2D eigenvalue weighted by Gasteiger charge is 2.16. The number of nitrogens with one attached hydrogen (secondary N) is 2. The quantitative estimate of drug-likeness (QED) is 0.160. The van der Waals surface area contributed by atoms with Gasteiger partial charge in [-0.2, -0.15) is 0 Å². The topological polar surface area (TPSA) is 115 Å². The van der Waals surface area contributed by atoms with Gasteiger partial charge in [0.05, 0.1) is 29.1 Å². The van der Waals surface area contributed by atoms with Crippen molar-refractivity contribution in [3.63, 3.8) is 0 Å². The van der Waals surface area contributed by atoms with Gasteiger partial charge in [-0.3, -0.25) is 0 Å². The molecule has 2 aromatic heterocycles. The summed E-state index contributed by atoms with van der Waals surface area (Å²) in [6.45, 7) is 0.985. The molecule has 0 aliphatic carbocycles. The van der Waals surface area contributed by atoms with Crippen molar-refractivity contribution in [2.45, 2.75) is 13.2 Å². The van der Waals surface area contributed by atoms with E-state index in [1.54, 1.807) is 31.4 Å². The molecule has 0 unspecified atom stereocenters. The lowest BCUT2D eigenvalue weighted by Crippen LogP contribution is -2.21. The third kappa shape index (κ3) is 7.51. The molecule has 5 aromatic rings. The number of methoxy groups -OCH3 is 1. The van der Waals surface area contributed by atoms with Crippen LogP contribution >= 0.6 is 22.9 Å². The van der Waals surface area contributed by atoms with Gasteiger partial charge in [0.2, 0.25) is 0 Å². The number of rotatable bonds is 12. The Morgan fingerprint density at radius 3 is 2.69 bits per heavy atom. The molecule has 0 aliphatic rings. The maximum atomic E-state index is 13.5. The molecule has 0 aliphatic heterocycles. The zero-order valence-corrected chi connectivity index (χ0v) is 25.1.